The molecule has 0 unspecified atom stereocenters. The standard InChI is InChI=1S/C21H16Cl2N2O3/c22-15-6-11-18(23)19(12-15)25-20(26)13-28-17-9-7-16(8-10-17)24-21(27)14-4-2-1-3-5-14/h1-12H,13H2,(H,24,27)(H,25,26). The van der Waals surface area contributed by atoms with Gasteiger partial charge in [0, 0.05) is 16.3 Å². The number of nitrogens with one attached hydrogen (secondary N) is 2. The van der Waals surface area contributed by atoms with E-state index in [9.17, 15) is 9.59 Å². The van der Waals surface area contributed by atoms with Crippen LogP contribution in [0, 0.1) is 0 Å². The maximum absolute atomic E-state index is 12.1. The van der Waals surface area contributed by atoms with Gasteiger partial charge in [0.15, 0.2) is 6.61 Å². The van der Waals surface area contributed by atoms with Crippen LogP contribution in [0.25, 0.3) is 0 Å². The first-order valence-electron chi connectivity index (χ1n) is 8.35. The predicted molar refractivity (Wildman–Crippen MR) is 111 cm³/mol. The van der Waals surface area contributed by atoms with Crippen molar-refractivity contribution in [2.75, 3.05) is 17.2 Å². The van der Waals surface area contributed by atoms with E-state index in [0.29, 0.717) is 32.7 Å². The topological polar surface area (TPSA) is 67.4 Å². The van der Waals surface area contributed by atoms with Crippen LogP contribution in [0.1, 0.15) is 10.4 Å². The van der Waals surface area contributed by atoms with Gasteiger partial charge in [0.2, 0.25) is 0 Å². The SMILES string of the molecule is O=C(COc1ccc(NC(=O)c2ccccc2)cc1)Nc1cc(Cl)ccc1Cl. The van der Waals surface area contributed by atoms with E-state index >= 15 is 0 Å². The summed E-state index contributed by atoms with van der Waals surface area (Å²) in [4.78, 5) is 24.1. The second kappa shape index (κ2) is 9.26. The molecule has 0 aliphatic carbocycles. The zero-order valence-corrected chi connectivity index (χ0v) is 16.1. The molecule has 3 aromatic carbocycles. The zero-order valence-electron chi connectivity index (χ0n) is 14.6. The highest BCUT2D eigenvalue weighted by molar-refractivity contribution is 6.35. The van der Waals surface area contributed by atoms with Crippen LogP contribution >= 0.6 is 23.2 Å². The van der Waals surface area contributed by atoms with Crippen molar-refractivity contribution in [1.82, 2.24) is 0 Å². The molecule has 2 amide bonds. The Balaban J connectivity index is 1.52. The minimum Gasteiger partial charge on any atom is -0.484 e. The number of ether oxygens (including phenoxy) is 1. The van der Waals surface area contributed by atoms with Crippen LogP contribution < -0.4 is 15.4 Å². The minimum absolute atomic E-state index is 0.196. The van der Waals surface area contributed by atoms with E-state index in [-0.39, 0.29) is 18.4 Å². The maximum atomic E-state index is 12.1. The van der Waals surface area contributed by atoms with Crippen molar-refractivity contribution in [1.29, 1.82) is 0 Å². The van der Waals surface area contributed by atoms with Gasteiger partial charge in [-0.3, -0.25) is 9.59 Å². The molecular weight excluding hydrogens is 399 g/mol. The molecule has 0 fully saturated rings. The molecule has 0 saturated heterocycles. The van der Waals surface area contributed by atoms with Crippen LogP contribution in [-0.4, -0.2) is 18.4 Å². The summed E-state index contributed by atoms with van der Waals surface area (Å²) in [5.74, 6) is -0.0808. The molecule has 142 valence electrons. The van der Waals surface area contributed by atoms with Crippen LogP contribution in [0.4, 0.5) is 11.4 Å². The first-order chi connectivity index (χ1) is 13.5. The predicted octanol–water partition coefficient (Wildman–Crippen LogP) is 5.26. The number of rotatable bonds is 6. The number of benzene rings is 3. The number of halogens is 2. The first-order valence-corrected chi connectivity index (χ1v) is 9.11. The molecule has 5 nitrogen and oxygen atoms in total. The fourth-order valence-corrected chi connectivity index (χ4v) is 2.69. The average Bonchev–Trinajstić information content (AvgIpc) is 2.71. The molecule has 3 rings (SSSR count). The van der Waals surface area contributed by atoms with Gasteiger partial charge in [0.25, 0.3) is 11.8 Å². The number of anilines is 2. The van der Waals surface area contributed by atoms with E-state index in [1.807, 2.05) is 6.07 Å². The summed E-state index contributed by atoms with van der Waals surface area (Å²) >= 11 is 11.9. The van der Waals surface area contributed by atoms with Gasteiger partial charge in [-0.25, -0.2) is 0 Å². The van der Waals surface area contributed by atoms with Crippen LogP contribution in [0.15, 0.2) is 72.8 Å². The summed E-state index contributed by atoms with van der Waals surface area (Å²) in [6.07, 6.45) is 0. The lowest BCUT2D eigenvalue weighted by Gasteiger charge is -2.10. The average molecular weight is 415 g/mol. The molecule has 0 saturated carbocycles. The Morgan fingerprint density at radius 2 is 1.57 bits per heavy atom. The van der Waals surface area contributed by atoms with Crippen molar-refractivity contribution in [3.05, 3.63) is 88.4 Å². The molecule has 0 aromatic heterocycles. The highest BCUT2D eigenvalue weighted by atomic mass is 35.5. The van der Waals surface area contributed by atoms with Gasteiger partial charge < -0.3 is 15.4 Å². The van der Waals surface area contributed by atoms with Gasteiger partial charge in [-0.1, -0.05) is 41.4 Å². The van der Waals surface area contributed by atoms with Gasteiger partial charge in [-0.2, -0.15) is 0 Å². The quantitative estimate of drug-likeness (QED) is 0.577. The van der Waals surface area contributed by atoms with Gasteiger partial charge >= 0.3 is 0 Å². The Bertz CT molecular complexity index is 977. The first kappa shape index (κ1) is 19.7. The number of amides is 2. The van der Waals surface area contributed by atoms with E-state index in [1.165, 1.54) is 0 Å². The van der Waals surface area contributed by atoms with Crippen molar-refractivity contribution in [3.63, 3.8) is 0 Å². The van der Waals surface area contributed by atoms with Crippen molar-refractivity contribution in [2.24, 2.45) is 0 Å². The Morgan fingerprint density at radius 1 is 0.857 bits per heavy atom. The van der Waals surface area contributed by atoms with Crippen LogP contribution in [0.3, 0.4) is 0 Å². The molecule has 0 aliphatic heterocycles. The third-order valence-electron chi connectivity index (χ3n) is 3.72. The lowest BCUT2D eigenvalue weighted by Crippen LogP contribution is -2.20. The van der Waals surface area contributed by atoms with Crippen LogP contribution in [-0.2, 0) is 4.79 Å². The number of hydrogen-bond donors (Lipinski definition) is 2. The molecule has 0 atom stereocenters. The normalized spacial score (nSPS) is 10.2. The monoisotopic (exact) mass is 414 g/mol. The molecule has 3 aromatic rings. The Labute approximate surface area is 172 Å². The molecule has 0 bridgehead atoms. The lowest BCUT2D eigenvalue weighted by atomic mass is 10.2. The second-order valence-corrected chi connectivity index (χ2v) is 6.65. The summed E-state index contributed by atoms with van der Waals surface area (Å²) < 4.78 is 5.45. The van der Waals surface area contributed by atoms with E-state index < -0.39 is 0 Å². The molecule has 2 N–H and O–H groups in total. The van der Waals surface area contributed by atoms with Crippen molar-refractivity contribution in [2.45, 2.75) is 0 Å². The fraction of sp³-hybridized carbons (Fsp3) is 0.0476. The summed E-state index contributed by atoms with van der Waals surface area (Å²) in [5, 5.41) is 6.29. The number of hydrogen-bond acceptors (Lipinski definition) is 3. The summed E-state index contributed by atoms with van der Waals surface area (Å²) in [5.41, 5.74) is 1.61. The van der Waals surface area contributed by atoms with Gasteiger partial charge in [0.05, 0.1) is 10.7 Å². The summed E-state index contributed by atoms with van der Waals surface area (Å²) in [7, 11) is 0. The van der Waals surface area contributed by atoms with Gasteiger partial charge in [0.1, 0.15) is 5.75 Å². The van der Waals surface area contributed by atoms with Crippen molar-refractivity contribution >= 4 is 46.4 Å². The van der Waals surface area contributed by atoms with Crippen LogP contribution in [0.5, 0.6) is 5.75 Å². The van der Waals surface area contributed by atoms with E-state index in [4.69, 9.17) is 27.9 Å². The third-order valence-corrected chi connectivity index (χ3v) is 4.29. The Morgan fingerprint density at radius 3 is 2.29 bits per heavy atom. The third kappa shape index (κ3) is 5.49. The summed E-state index contributed by atoms with van der Waals surface area (Å²) in [6.45, 7) is -0.196. The maximum Gasteiger partial charge on any atom is 0.262 e. The van der Waals surface area contributed by atoms with E-state index in [0.717, 1.165) is 0 Å². The van der Waals surface area contributed by atoms with Crippen molar-refractivity contribution in [3.8, 4) is 5.75 Å². The molecule has 28 heavy (non-hydrogen) atoms. The van der Waals surface area contributed by atoms with Crippen LogP contribution in [0.2, 0.25) is 10.0 Å². The Kier molecular flexibility index (Phi) is 6.53. The minimum atomic E-state index is -0.370. The smallest absolute Gasteiger partial charge is 0.262 e. The molecule has 0 spiro atoms. The summed E-state index contributed by atoms with van der Waals surface area (Å²) in [6, 6.07) is 20.4. The largest absolute Gasteiger partial charge is 0.484 e. The molecule has 0 heterocycles. The number of carbonyl (C=O) groups excluding carboxylic acids is 2. The van der Waals surface area contributed by atoms with E-state index in [2.05, 4.69) is 10.6 Å². The Hall–Kier alpha value is -3.02. The molecular formula is C21H16Cl2N2O3. The second-order valence-electron chi connectivity index (χ2n) is 5.81. The van der Waals surface area contributed by atoms with Crippen molar-refractivity contribution < 1.29 is 14.3 Å². The lowest BCUT2D eigenvalue weighted by molar-refractivity contribution is -0.118. The number of carbonyl (C=O) groups is 2. The van der Waals surface area contributed by atoms with E-state index in [1.54, 1.807) is 66.7 Å². The van der Waals surface area contributed by atoms with Gasteiger partial charge in [-0.05, 0) is 54.6 Å². The molecule has 7 heteroatoms. The van der Waals surface area contributed by atoms with Gasteiger partial charge in [-0.15, -0.1) is 0 Å². The molecule has 0 radical (unpaired) electrons. The molecule has 0 aliphatic rings. The fourth-order valence-electron chi connectivity index (χ4n) is 2.36. The highest BCUT2D eigenvalue weighted by Gasteiger charge is 2.08. The highest BCUT2D eigenvalue weighted by Crippen LogP contribution is 2.25. The zero-order chi connectivity index (χ0) is 19.9.